The number of carbonyl (C=O) groups is 1. The number of carbonyl (C=O) groups excluding carboxylic acids is 1. The molecule has 84 valence electrons. The van der Waals surface area contributed by atoms with E-state index in [0.717, 1.165) is 22.9 Å². The molecular formula is C12H12ClNO2. The zero-order valence-corrected chi connectivity index (χ0v) is 9.89. The largest absolute Gasteiger partial charge is 0.465 e. The Morgan fingerprint density at radius 1 is 1.56 bits per heavy atom. The maximum Gasteiger partial charge on any atom is 0.339 e. The number of methoxy groups -OCH3 is 1. The monoisotopic (exact) mass is 237 g/mol. The molecule has 0 spiro atoms. The average Bonchev–Trinajstić information content (AvgIpc) is 2.78. The predicted molar refractivity (Wildman–Crippen MR) is 64.0 cm³/mol. The van der Waals surface area contributed by atoms with Gasteiger partial charge < -0.3 is 9.72 Å². The van der Waals surface area contributed by atoms with E-state index in [1.165, 1.54) is 7.11 Å². The maximum absolute atomic E-state index is 11.6. The molecule has 0 aliphatic heterocycles. The molecule has 1 N–H and O–H groups in total. The van der Waals surface area contributed by atoms with Crippen LogP contribution in [-0.2, 0) is 11.2 Å². The van der Waals surface area contributed by atoms with Crippen LogP contribution in [0.1, 0.15) is 22.8 Å². The molecule has 2 rings (SSSR count). The molecule has 0 radical (unpaired) electrons. The van der Waals surface area contributed by atoms with Crippen LogP contribution in [0.25, 0.3) is 10.9 Å². The molecule has 0 bridgehead atoms. The van der Waals surface area contributed by atoms with E-state index in [4.69, 9.17) is 16.3 Å². The van der Waals surface area contributed by atoms with Crippen molar-refractivity contribution in [2.24, 2.45) is 0 Å². The summed E-state index contributed by atoms with van der Waals surface area (Å²) >= 11 is 6.16. The summed E-state index contributed by atoms with van der Waals surface area (Å²) in [5.74, 6) is -0.400. The van der Waals surface area contributed by atoms with Crippen LogP contribution in [-0.4, -0.2) is 18.1 Å². The second-order valence-electron chi connectivity index (χ2n) is 3.51. The molecule has 1 aromatic heterocycles. The number of hydrogen-bond acceptors (Lipinski definition) is 2. The standard InChI is InChI=1S/C12H12ClNO2/c1-3-7-6-9(12(15)16-2)10(13)8-4-5-14-11(7)8/h4-6,14H,3H2,1-2H3. The molecule has 0 aliphatic carbocycles. The van der Waals surface area contributed by atoms with Crippen molar-refractivity contribution >= 4 is 28.5 Å². The van der Waals surface area contributed by atoms with Gasteiger partial charge in [-0.05, 0) is 24.1 Å². The minimum atomic E-state index is -0.400. The third-order valence-electron chi connectivity index (χ3n) is 2.65. The lowest BCUT2D eigenvalue weighted by Crippen LogP contribution is -2.03. The van der Waals surface area contributed by atoms with Crippen LogP contribution < -0.4 is 0 Å². The lowest BCUT2D eigenvalue weighted by atomic mass is 10.0. The first kappa shape index (κ1) is 11.0. The van der Waals surface area contributed by atoms with Crippen molar-refractivity contribution < 1.29 is 9.53 Å². The minimum Gasteiger partial charge on any atom is -0.465 e. The molecule has 1 heterocycles. The van der Waals surface area contributed by atoms with Crippen LogP contribution in [0, 0.1) is 0 Å². The highest BCUT2D eigenvalue weighted by Gasteiger charge is 2.16. The predicted octanol–water partition coefficient (Wildman–Crippen LogP) is 3.17. The zero-order valence-electron chi connectivity index (χ0n) is 9.13. The molecule has 0 amide bonds. The number of nitrogens with one attached hydrogen (secondary N) is 1. The van der Waals surface area contributed by atoms with Gasteiger partial charge in [-0.15, -0.1) is 0 Å². The van der Waals surface area contributed by atoms with Gasteiger partial charge in [-0.2, -0.15) is 0 Å². The van der Waals surface area contributed by atoms with E-state index >= 15 is 0 Å². The molecule has 0 saturated heterocycles. The van der Waals surface area contributed by atoms with Gasteiger partial charge in [-0.25, -0.2) is 4.79 Å². The van der Waals surface area contributed by atoms with Gasteiger partial charge >= 0.3 is 5.97 Å². The molecular weight excluding hydrogens is 226 g/mol. The third kappa shape index (κ3) is 1.57. The summed E-state index contributed by atoms with van der Waals surface area (Å²) in [6.45, 7) is 2.03. The van der Waals surface area contributed by atoms with Gasteiger partial charge in [0, 0.05) is 11.6 Å². The molecule has 0 saturated carbocycles. The molecule has 0 aliphatic rings. The molecule has 0 unspecified atom stereocenters. The number of H-pyrrole nitrogens is 1. The van der Waals surface area contributed by atoms with Crippen molar-refractivity contribution in [2.75, 3.05) is 7.11 Å². The van der Waals surface area contributed by atoms with Gasteiger partial charge in [0.25, 0.3) is 0 Å². The van der Waals surface area contributed by atoms with Crippen LogP contribution in [0.4, 0.5) is 0 Å². The van der Waals surface area contributed by atoms with E-state index in [1.54, 1.807) is 6.07 Å². The second-order valence-corrected chi connectivity index (χ2v) is 3.89. The fourth-order valence-electron chi connectivity index (χ4n) is 1.81. The lowest BCUT2D eigenvalue weighted by Gasteiger charge is -2.07. The van der Waals surface area contributed by atoms with E-state index in [-0.39, 0.29) is 0 Å². The van der Waals surface area contributed by atoms with E-state index in [2.05, 4.69) is 4.98 Å². The molecule has 0 atom stereocenters. The summed E-state index contributed by atoms with van der Waals surface area (Å²) in [7, 11) is 1.35. The minimum absolute atomic E-state index is 0.400. The van der Waals surface area contributed by atoms with E-state index in [9.17, 15) is 4.79 Å². The Labute approximate surface area is 98.4 Å². The molecule has 16 heavy (non-hydrogen) atoms. The fraction of sp³-hybridized carbons (Fsp3) is 0.250. The lowest BCUT2D eigenvalue weighted by molar-refractivity contribution is 0.0601. The highest BCUT2D eigenvalue weighted by atomic mass is 35.5. The molecule has 2 aromatic rings. The first-order chi connectivity index (χ1) is 7.69. The van der Waals surface area contributed by atoms with Crippen LogP contribution in [0.2, 0.25) is 5.02 Å². The molecule has 0 fully saturated rings. The van der Waals surface area contributed by atoms with E-state index in [1.807, 2.05) is 19.2 Å². The van der Waals surface area contributed by atoms with Crippen LogP contribution in [0.15, 0.2) is 18.3 Å². The number of aromatic nitrogens is 1. The number of aryl methyl sites for hydroxylation is 1. The first-order valence-corrected chi connectivity index (χ1v) is 5.43. The summed E-state index contributed by atoms with van der Waals surface area (Å²) in [6, 6.07) is 3.65. The van der Waals surface area contributed by atoms with Gasteiger partial charge in [-0.3, -0.25) is 0 Å². The SMILES string of the molecule is CCc1cc(C(=O)OC)c(Cl)c2cc[nH]c12. The number of esters is 1. The average molecular weight is 238 g/mol. The van der Waals surface area contributed by atoms with E-state index in [0.29, 0.717) is 10.6 Å². The normalized spacial score (nSPS) is 10.7. The fourth-order valence-corrected chi connectivity index (χ4v) is 2.10. The van der Waals surface area contributed by atoms with Gasteiger partial charge in [0.05, 0.1) is 23.2 Å². The maximum atomic E-state index is 11.6. The Kier molecular flexibility index (Phi) is 2.88. The highest BCUT2D eigenvalue weighted by Crippen LogP contribution is 2.30. The van der Waals surface area contributed by atoms with Crippen molar-refractivity contribution in [3.63, 3.8) is 0 Å². The van der Waals surface area contributed by atoms with Gasteiger partial charge in [0.1, 0.15) is 0 Å². The Morgan fingerprint density at radius 3 is 2.94 bits per heavy atom. The van der Waals surface area contributed by atoms with Crippen molar-refractivity contribution in [1.82, 2.24) is 4.98 Å². The van der Waals surface area contributed by atoms with Gasteiger partial charge in [-0.1, -0.05) is 18.5 Å². The summed E-state index contributed by atoms with van der Waals surface area (Å²) in [6.07, 6.45) is 2.65. The van der Waals surface area contributed by atoms with Gasteiger partial charge in [0.2, 0.25) is 0 Å². The van der Waals surface area contributed by atoms with Crippen LogP contribution >= 0.6 is 11.6 Å². The molecule has 3 nitrogen and oxygen atoms in total. The van der Waals surface area contributed by atoms with Crippen LogP contribution in [0.3, 0.4) is 0 Å². The number of ether oxygens (including phenoxy) is 1. The van der Waals surface area contributed by atoms with Crippen molar-refractivity contribution in [1.29, 1.82) is 0 Å². The van der Waals surface area contributed by atoms with Crippen molar-refractivity contribution in [2.45, 2.75) is 13.3 Å². The zero-order chi connectivity index (χ0) is 11.7. The Balaban J connectivity index is 2.75. The summed E-state index contributed by atoms with van der Waals surface area (Å²) in [4.78, 5) is 14.7. The number of rotatable bonds is 2. The van der Waals surface area contributed by atoms with Crippen molar-refractivity contribution in [3.05, 3.63) is 34.5 Å². The summed E-state index contributed by atoms with van der Waals surface area (Å²) in [5.41, 5.74) is 2.47. The summed E-state index contributed by atoms with van der Waals surface area (Å²) in [5, 5.41) is 1.31. The van der Waals surface area contributed by atoms with Gasteiger partial charge in [0.15, 0.2) is 0 Å². The first-order valence-electron chi connectivity index (χ1n) is 5.05. The number of benzene rings is 1. The highest BCUT2D eigenvalue weighted by molar-refractivity contribution is 6.38. The summed E-state index contributed by atoms with van der Waals surface area (Å²) < 4.78 is 4.71. The van der Waals surface area contributed by atoms with Crippen molar-refractivity contribution in [3.8, 4) is 0 Å². The Hall–Kier alpha value is -1.48. The van der Waals surface area contributed by atoms with Crippen LogP contribution in [0.5, 0.6) is 0 Å². The van der Waals surface area contributed by atoms with E-state index < -0.39 is 5.97 Å². The number of fused-ring (bicyclic) bond motifs is 1. The Bertz CT molecular complexity index is 545. The smallest absolute Gasteiger partial charge is 0.339 e. The molecule has 1 aromatic carbocycles. The number of hydrogen-bond donors (Lipinski definition) is 1. The Morgan fingerprint density at radius 2 is 2.31 bits per heavy atom. The quantitative estimate of drug-likeness (QED) is 0.816. The third-order valence-corrected chi connectivity index (χ3v) is 3.05. The number of halogens is 1. The number of aromatic amines is 1. The topological polar surface area (TPSA) is 42.1 Å². The molecule has 4 heteroatoms. The second kappa shape index (κ2) is 4.18.